The van der Waals surface area contributed by atoms with Crippen molar-refractivity contribution in [3.8, 4) is 0 Å². The minimum atomic E-state index is -0.240. The van der Waals surface area contributed by atoms with Gasteiger partial charge in [0.1, 0.15) is 11.3 Å². The zero-order chi connectivity index (χ0) is 13.3. The predicted molar refractivity (Wildman–Crippen MR) is 73.0 cm³/mol. The van der Waals surface area contributed by atoms with E-state index in [4.69, 9.17) is 16.3 Å². The lowest BCUT2D eigenvalue weighted by Crippen LogP contribution is -2.33. The second-order valence-electron chi connectivity index (χ2n) is 5.01. The van der Waals surface area contributed by atoms with Crippen LogP contribution < -0.4 is 0 Å². The van der Waals surface area contributed by atoms with Gasteiger partial charge in [-0.15, -0.1) is 11.6 Å². The summed E-state index contributed by atoms with van der Waals surface area (Å²) in [5.41, 5.74) is 1.47. The van der Waals surface area contributed by atoms with E-state index < -0.39 is 0 Å². The second kappa shape index (κ2) is 4.86. The highest BCUT2D eigenvalue weighted by Gasteiger charge is 2.28. The first-order valence-electron chi connectivity index (χ1n) is 5.94. The number of ether oxygens (including phenoxy) is 1. The maximum absolute atomic E-state index is 6.23. The summed E-state index contributed by atoms with van der Waals surface area (Å²) in [7, 11) is 1.69. The van der Waals surface area contributed by atoms with Gasteiger partial charge in [-0.25, -0.2) is 9.97 Å². The molecule has 2 rings (SSSR count). The largest absolute Gasteiger partial charge is 0.382 e. The monoisotopic (exact) mass is 267 g/mol. The van der Waals surface area contributed by atoms with Crippen LogP contribution in [-0.2, 0) is 10.3 Å². The number of imidazole rings is 1. The molecule has 0 saturated heterocycles. The highest BCUT2D eigenvalue weighted by Crippen LogP contribution is 2.29. The number of fused-ring (bicyclic) bond motifs is 1. The van der Waals surface area contributed by atoms with Crippen molar-refractivity contribution >= 4 is 22.8 Å². The molecule has 0 aliphatic heterocycles. The molecule has 18 heavy (non-hydrogen) atoms. The lowest BCUT2D eigenvalue weighted by atomic mass is 10.1. The number of pyridine rings is 1. The molecule has 1 unspecified atom stereocenters. The minimum absolute atomic E-state index is 0.171. The predicted octanol–water partition coefficient (Wildman–Crippen LogP) is 3.11. The molecule has 0 saturated carbocycles. The van der Waals surface area contributed by atoms with E-state index in [1.807, 2.05) is 19.1 Å². The molecule has 0 spiro atoms. The topological polar surface area (TPSA) is 39.9 Å². The molecule has 0 aliphatic rings. The number of hydrogen-bond acceptors (Lipinski definition) is 3. The average Bonchev–Trinajstić information content (AvgIpc) is 2.68. The van der Waals surface area contributed by atoms with E-state index >= 15 is 0 Å². The molecule has 2 aromatic heterocycles. The van der Waals surface area contributed by atoms with E-state index in [9.17, 15) is 0 Å². The van der Waals surface area contributed by atoms with Crippen LogP contribution in [-0.4, -0.2) is 28.3 Å². The van der Waals surface area contributed by atoms with Crippen LogP contribution in [0.25, 0.3) is 11.2 Å². The zero-order valence-corrected chi connectivity index (χ0v) is 11.9. The van der Waals surface area contributed by atoms with Crippen molar-refractivity contribution in [3.05, 3.63) is 24.2 Å². The SMILES string of the molecule is COCC(C)(C)n1c(C(C)Cl)nc2cccnc21. The first kappa shape index (κ1) is 13.3. The van der Waals surface area contributed by atoms with Gasteiger partial charge in [-0.1, -0.05) is 0 Å². The van der Waals surface area contributed by atoms with E-state index in [0.29, 0.717) is 6.61 Å². The third-order valence-electron chi connectivity index (χ3n) is 2.90. The second-order valence-corrected chi connectivity index (χ2v) is 5.67. The maximum Gasteiger partial charge on any atom is 0.160 e. The Kier molecular flexibility index (Phi) is 3.59. The molecular weight excluding hydrogens is 250 g/mol. The van der Waals surface area contributed by atoms with Gasteiger partial charge in [0.05, 0.1) is 17.5 Å². The fourth-order valence-electron chi connectivity index (χ4n) is 2.21. The molecule has 0 N–H and O–H groups in total. The molecule has 98 valence electrons. The van der Waals surface area contributed by atoms with Crippen molar-refractivity contribution in [2.24, 2.45) is 0 Å². The fraction of sp³-hybridized carbons (Fsp3) is 0.538. The minimum Gasteiger partial charge on any atom is -0.382 e. The molecule has 0 fully saturated rings. The lowest BCUT2D eigenvalue weighted by molar-refractivity contribution is 0.110. The van der Waals surface area contributed by atoms with Gasteiger partial charge in [0, 0.05) is 13.3 Å². The van der Waals surface area contributed by atoms with Gasteiger partial charge < -0.3 is 9.30 Å². The van der Waals surface area contributed by atoms with E-state index in [1.54, 1.807) is 13.3 Å². The van der Waals surface area contributed by atoms with E-state index in [-0.39, 0.29) is 10.9 Å². The molecule has 2 aromatic rings. The van der Waals surface area contributed by atoms with Crippen molar-refractivity contribution in [2.45, 2.75) is 31.7 Å². The van der Waals surface area contributed by atoms with Crippen LogP contribution in [0, 0.1) is 0 Å². The maximum atomic E-state index is 6.23. The Morgan fingerprint density at radius 2 is 2.22 bits per heavy atom. The van der Waals surface area contributed by atoms with Gasteiger partial charge in [0.15, 0.2) is 5.65 Å². The van der Waals surface area contributed by atoms with Crippen LogP contribution in [0.1, 0.15) is 32.0 Å². The van der Waals surface area contributed by atoms with Crippen molar-refractivity contribution in [2.75, 3.05) is 13.7 Å². The summed E-state index contributed by atoms with van der Waals surface area (Å²) in [6, 6.07) is 3.83. The van der Waals surface area contributed by atoms with Gasteiger partial charge in [0.2, 0.25) is 0 Å². The molecule has 0 radical (unpaired) electrons. The normalized spacial score (nSPS) is 14.1. The Morgan fingerprint density at radius 1 is 1.50 bits per heavy atom. The van der Waals surface area contributed by atoms with Crippen LogP contribution in [0.3, 0.4) is 0 Å². The lowest BCUT2D eigenvalue weighted by Gasteiger charge is -2.28. The van der Waals surface area contributed by atoms with Gasteiger partial charge in [-0.3, -0.25) is 0 Å². The first-order valence-corrected chi connectivity index (χ1v) is 6.38. The molecule has 0 aromatic carbocycles. The Morgan fingerprint density at radius 3 is 2.83 bits per heavy atom. The Hall–Kier alpha value is -1.13. The summed E-state index contributed by atoms with van der Waals surface area (Å²) in [6.07, 6.45) is 1.77. The number of halogens is 1. The van der Waals surface area contributed by atoms with Crippen molar-refractivity contribution in [1.82, 2.24) is 14.5 Å². The molecule has 4 nitrogen and oxygen atoms in total. The number of hydrogen-bond donors (Lipinski definition) is 0. The van der Waals surface area contributed by atoms with E-state index in [2.05, 4.69) is 28.4 Å². The van der Waals surface area contributed by atoms with E-state index in [1.165, 1.54) is 0 Å². The number of aromatic nitrogens is 3. The first-order chi connectivity index (χ1) is 8.47. The van der Waals surface area contributed by atoms with E-state index in [0.717, 1.165) is 17.0 Å². The molecule has 5 heteroatoms. The summed E-state index contributed by atoms with van der Waals surface area (Å²) < 4.78 is 7.37. The molecule has 2 heterocycles. The number of rotatable bonds is 4. The molecule has 0 bridgehead atoms. The highest BCUT2D eigenvalue weighted by molar-refractivity contribution is 6.20. The van der Waals surface area contributed by atoms with Crippen LogP contribution >= 0.6 is 11.6 Å². The smallest absolute Gasteiger partial charge is 0.160 e. The van der Waals surface area contributed by atoms with Crippen molar-refractivity contribution < 1.29 is 4.74 Å². The van der Waals surface area contributed by atoms with Gasteiger partial charge >= 0.3 is 0 Å². The average molecular weight is 268 g/mol. The molecule has 1 atom stereocenters. The summed E-state index contributed by atoms with van der Waals surface area (Å²) in [4.78, 5) is 8.99. The van der Waals surface area contributed by atoms with Gasteiger partial charge in [0.25, 0.3) is 0 Å². The number of alkyl halides is 1. The number of nitrogens with zero attached hydrogens (tertiary/aromatic N) is 3. The Labute approximate surface area is 112 Å². The Balaban J connectivity index is 2.69. The van der Waals surface area contributed by atoms with Crippen molar-refractivity contribution in [3.63, 3.8) is 0 Å². The number of methoxy groups -OCH3 is 1. The van der Waals surface area contributed by atoms with Crippen LogP contribution in [0.2, 0.25) is 0 Å². The van der Waals surface area contributed by atoms with Gasteiger partial charge in [-0.2, -0.15) is 0 Å². The molecular formula is C13H18ClN3O. The van der Waals surface area contributed by atoms with Crippen molar-refractivity contribution in [1.29, 1.82) is 0 Å². The van der Waals surface area contributed by atoms with Crippen LogP contribution in [0.15, 0.2) is 18.3 Å². The fourth-order valence-corrected chi connectivity index (χ4v) is 2.36. The summed E-state index contributed by atoms with van der Waals surface area (Å²) >= 11 is 6.23. The summed E-state index contributed by atoms with van der Waals surface area (Å²) in [6.45, 7) is 6.68. The third-order valence-corrected chi connectivity index (χ3v) is 3.10. The van der Waals surface area contributed by atoms with Crippen LogP contribution in [0.4, 0.5) is 0 Å². The third kappa shape index (κ3) is 2.22. The standard InChI is InChI=1S/C13H18ClN3O/c1-9(14)11-16-10-6-5-7-15-12(10)17(11)13(2,3)8-18-4/h5-7,9H,8H2,1-4H3. The quantitative estimate of drug-likeness (QED) is 0.799. The summed E-state index contributed by atoms with van der Waals surface area (Å²) in [5, 5.41) is -0.171. The molecule has 0 aliphatic carbocycles. The molecule has 0 amide bonds. The summed E-state index contributed by atoms with van der Waals surface area (Å²) in [5.74, 6) is 0.826. The Bertz CT molecular complexity index is 548. The van der Waals surface area contributed by atoms with Gasteiger partial charge in [-0.05, 0) is 32.9 Å². The zero-order valence-electron chi connectivity index (χ0n) is 11.1. The highest BCUT2D eigenvalue weighted by atomic mass is 35.5. The van der Waals surface area contributed by atoms with Crippen LogP contribution in [0.5, 0.6) is 0 Å².